The predicted molar refractivity (Wildman–Crippen MR) is 76.1 cm³/mol. The van der Waals surface area contributed by atoms with Gasteiger partial charge in [0.1, 0.15) is 0 Å². The van der Waals surface area contributed by atoms with Gasteiger partial charge in [-0.1, -0.05) is 42.5 Å². The Morgan fingerprint density at radius 2 is 1.74 bits per heavy atom. The molecular formula is C16H14N2O. The van der Waals surface area contributed by atoms with Crippen molar-refractivity contribution in [2.75, 3.05) is 5.32 Å². The summed E-state index contributed by atoms with van der Waals surface area (Å²) in [7, 11) is 0. The van der Waals surface area contributed by atoms with Crippen LogP contribution < -0.4 is 5.32 Å². The fourth-order valence-corrected chi connectivity index (χ4v) is 1.75. The van der Waals surface area contributed by atoms with E-state index in [0.717, 1.165) is 17.7 Å². The summed E-state index contributed by atoms with van der Waals surface area (Å²) in [6.45, 7) is 6.85. The Labute approximate surface area is 112 Å². The van der Waals surface area contributed by atoms with Crippen molar-refractivity contribution in [3.8, 4) is 0 Å². The molecule has 0 bridgehead atoms. The molecule has 0 saturated heterocycles. The van der Waals surface area contributed by atoms with Gasteiger partial charge in [-0.05, 0) is 24.1 Å². The van der Waals surface area contributed by atoms with Crippen LogP contribution in [0.25, 0.3) is 4.85 Å². The third kappa shape index (κ3) is 3.97. The van der Waals surface area contributed by atoms with E-state index >= 15 is 0 Å². The van der Waals surface area contributed by atoms with Crippen LogP contribution in [0.3, 0.4) is 0 Å². The monoisotopic (exact) mass is 250 g/mol. The van der Waals surface area contributed by atoms with E-state index in [0.29, 0.717) is 12.1 Å². The first-order valence-corrected chi connectivity index (χ1v) is 6.09. The number of carbonyl (C=O) groups is 1. The molecule has 2 aromatic carbocycles. The van der Waals surface area contributed by atoms with Crippen LogP contribution in [0.2, 0.25) is 0 Å². The van der Waals surface area contributed by atoms with Crippen LogP contribution in [0.5, 0.6) is 0 Å². The molecule has 2 rings (SSSR count). The lowest BCUT2D eigenvalue weighted by molar-refractivity contribution is -0.116. The Morgan fingerprint density at radius 1 is 1.05 bits per heavy atom. The summed E-state index contributed by atoms with van der Waals surface area (Å²) in [5, 5.41) is 2.82. The van der Waals surface area contributed by atoms with Crippen molar-refractivity contribution in [1.29, 1.82) is 0 Å². The average Bonchev–Trinajstić information content (AvgIpc) is 2.47. The predicted octanol–water partition coefficient (Wildman–Crippen LogP) is 3.81. The van der Waals surface area contributed by atoms with Crippen molar-refractivity contribution in [2.24, 2.45) is 0 Å². The first-order chi connectivity index (χ1) is 9.28. The van der Waals surface area contributed by atoms with Crippen LogP contribution in [0.4, 0.5) is 11.4 Å². The fraction of sp³-hybridized carbons (Fsp3) is 0.125. The number of amides is 1. The van der Waals surface area contributed by atoms with Gasteiger partial charge in [0.05, 0.1) is 6.57 Å². The molecule has 0 radical (unpaired) electrons. The van der Waals surface area contributed by atoms with E-state index in [9.17, 15) is 4.79 Å². The number of nitrogens with one attached hydrogen (secondary N) is 1. The van der Waals surface area contributed by atoms with Crippen molar-refractivity contribution in [2.45, 2.75) is 12.8 Å². The van der Waals surface area contributed by atoms with Crippen molar-refractivity contribution in [3.05, 3.63) is 71.6 Å². The molecule has 19 heavy (non-hydrogen) atoms. The van der Waals surface area contributed by atoms with Gasteiger partial charge in [0.25, 0.3) is 0 Å². The van der Waals surface area contributed by atoms with E-state index in [2.05, 4.69) is 10.2 Å². The molecule has 0 spiro atoms. The van der Waals surface area contributed by atoms with Crippen molar-refractivity contribution in [3.63, 3.8) is 0 Å². The van der Waals surface area contributed by atoms with E-state index in [4.69, 9.17) is 6.57 Å². The minimum absolute atomic E-state index is 0.0144. The topological polar surface area (TPSA) is 33.5 Å². The molecule has 0 aliphatic rings. The smallest absolute Gasteiger partial charge is 0.224 e. The zero-order valence-corrected chi connectivity index (χ0v) is 10.5. The molecule has 3 heteroatoms. The van der Waals surface area contributed by atoms with Crippen LogP contribution >= 0.6 is 0 Å². The zero-order chi connectivity index (χ0) is 13.5. The molecule has 0 saturated carbocycles. The summed E-state index contributed by atoms with van der Waals surface area (Å²) < 4.78 is 0. The normalized spacial score (nSPS) is 9.63. The van der Waals surface area contributed by atoms with Crippen LogP contribution in [0.15, 0.2) is 54.6 Å². The molecule has 0 aliphatic heterocycles. The standard InChI is InChI=1S/C16H14N2O/c1-17-14-8-10-15(11-9-14)18-16(19)12-7-13-5-3-2-4-6-13/h2-6,8-11H,7,12H2,(H,18,19). The third-order valence-corrected chi connectivity index (χ3v) is 2.76. The molecule has 0 atom stereocenters. The maximum Gasteiger partial charge on any atom is 0.224 e. The zero-order valence-electron chi connectivity index (χ0n) is 10.5. The number of nitrogens with zero attached hydrogens (tertiary/aromatic N) is 1. The van der Waals surface area contributed by atoms with Crippen molar-refractivity contribution < 1.29 is 4.79 Å². The van der Waals surface area contributed by atoms with Crippen LogP contribution in [-0.2, 0) is 11.2 Å². The molecule has 0 aromatic heterocycles. The molecule has 1 amide bonds. The van der Waals surface area contributed by atoms with Crippen molar-refractivity contribution in [1.82, 2.24) is 0 Å². The maximum absolute atomic E-state index is 11.8. The molecule has 0 unspecified atom stereocenters. The van der Waals surface area contributed by atoms with Crippen LogP contribution in [0, 0.1) is 6.57 Å². The third-order valence-electron chi connectivity index (χ3n) is 2.76. The quantitative estimate of drug-likeness (QED) is 0.822. The largest absolute Gasteiger partial charge is 0.326 e. The Balaban J connectivity index is 1.86. The lowest BCUT2D eigenvalue weighted by Crippen LogP contribution is -2.12. The van der Waals surface area contributed by atoms with Gasteiger partial charge < -0.3 is 5.32 Å². The minimum Gasteiger partial charge on any atom is -0.326 e. The maximum atomic E-state index is 11.8. The summed E-state index contributed by atoms with van der Waals surface area (Å²) >= 11 is 0. The number of hydrogen-bond acceptors (Lipinski definition) is 1. The van der Waals surface area contributed by atoms with E-state index in [1.54, 1.807) is 24.3 Å². The van der Waals surface area contributed by atoms with Crippen LogP contribution in [0.1, 0.15) is 12.0 Å². The SMILES string of the molecule is [C-]#[N+]c1ccc(NC(=O)CCc2ccccc2)cc1. The number of hydrogen-bond donors (Lipinski definition) is 1. The number of benzene rings is 2. The van der Waals surface area contributed by atoms with Gasteiger partial charge in [-0.2, -0.15) is 0 Å². The van der Waals surface area contributed by atoms with E-state index < -0.39 is 0 Å². The van der Waals surface area contributed by atoms with Gasteiger partial charge in [-0.25, -0.2) is 4.85 Å². The van der Waals surface area contributed by atoms with Gasteiger partial charge in [0, 0.05) is 12.1 Å². The summed E-state index contributed by atoms with van der Waals surface area (Å²) in [5.41, 5.74) is 2.45. The lowest BCUT2D eigenvalue weighted by atomic mass is 10.1. The van der Waals surface area contributed by atoms with E-state index in [-0.39, 0.29) is 5.91 Å². The van der Waals surface area contributed by atoms with Gasteiger partial charge >= 0.3 is 0 Å². The highest BCUT2D eigenvalue weighted by Gasteiger charge is 2.03. The second-order valence-electron chi connectivity index (χ2n) is 4.19. The van der Waals surface area contributed by atoms with Gasteiger partial charge in [0.2, 0.25) is 5.91 Å². The molecule has 0 heterocycles. The fourth-order valence-electron chi connectivity index (χ4n) is 1.75. The Kier molecular flexibility index (Phi) is 4.30. The molecule has 0 fully saturated rings. The van der Waals surface area contributed by atoms with Crippen LogP contribution in [-0.4, -0.2) is 5.91 Å². The second kappa shape index (κ2) is 6.36. The highest BCUT2D eigenvalue weighted by molar-refractivity contribution is 5.91. The number of carbonyl (C=O) groups excluding carboxylic acids is 1. The van der Waals surface area contributed by atoms with Crippen molar-refractivity contribution >= 4 is 17.3 Å². The highest BCUT2D eigenvalue weighted by Crippen LogP contribution is 2.16. The number of aryl methyl sites for hydroxylation is 1. The minimum atomic E-state index is -0.0144. The van der Waals surface area contributed by atoms with Gasteiger partial charge in [-0.15, -0.1) is 0 Å². The number of anilines is 1. The Hall–Kier alpha value is -2.60. The molecule has 1 N–H and O–H groups in total. The van der Waals surface area contributed by atoms with Gasteiger partial charge in [-0.3, -0.25) is 4.79 Å². The second-order valence-corrected chi connectivity index (χ2v) is 4.19. The Bertz CT molecular complexity index is 582. The number of rotatable bonds is 4. The van der Waals surface area contributed by atoms with E-state index in [1.165, 1.54) is 0 Å². The summed E-state index contributed by atoms with van der Waals surface area (Å²) in [6.07, 6.45) is 1.18. The molecule has 94 valence electrons. The molecular weight excluding hydrogens is 236 g/mol. The highest BCUT2D eigenvalue weighted by atomic mass is 16.1. The first kappa shape index (κ1) is 12.8. The van der Waals surface area contributed by atoms with Gasteiger partial charge in [0.15, 0.2) is 5.69 Å². The Morgan fingerprint density at radius 3 is 2.37 bits per heavy atom. The average molecular weight is 250 g/mol. The van der Waals surface area contributed by atoms with E-state index in [1.807, 2.05) is 30.3 Å². The molecule has 2 aromatic rings. The molecule has 3 nitrogen and oxygen atoms in total. The summed E-state index contributed by atoms with van der Waals surface area (Å²) in [4.78, 5) is 15.1. The summed E-state index contributed by atoms with van der Waals surface area (Å²) in [5.74, 6) is -0.0144. The lowest BCUT2D eigenvalue weighted by Gasteiger charge is -2.05. The summed E-state index contributed by atoms with van der Waals surface area (Å²) in [6, 6.07) is 16.8. The first-order valence-electron chi connectivity index (χ1n) is 6.09. The molecule has 0 aliphatic carbocycles.